The van der Waals surface area contributed by atoms with Gasteiger partial charge < -0.3 is 9.88 Å². The summed E-state index contributed by atoms with van der Waals surface area (Å²) in [5, 5.41) is 2.81. The third kappa shape index (κ3) is 1.83. The monoisotopic (exact) mass is 256 g/mol. The van der Waals surface area contributed by atoms with Gasteiger partial charge in [0.15, 0.2) is 0 Å². The van der Waals surface area contributed by atoms with Crippen LogP contribution >= 0.6 is 22.9 Å². The molecule has 0 radical (unpaired) electrons. The molecule has 0 unspecified atom stereocenters. The highest BCUT2D eigenvalue weighted by atomic mass is 35.5. The van der Waals surface area contributed by atoms with Crippen LogP contribution in [0, 0.1) is 0 Å². The van der Waals surface area contributed by atoms with Crippen LogP contribution in [0.1, 0.15) is 24.3 Å². The molecule has 0 bridgehead atoms. The van der Waals surface area contributed by atoms with E-state index in [1.54, 1.807) is 0 Å². The first-order valence-electron chi connectivity index (χ1n) is 5.24. The number of aryl methyl sites for hydroxylation is 1. The van der Waals surface area contributed by atoms with E-state index < -0.39 is 0 Å². The molecule has 3 nitrogen and oxygen atoms in total. The number of nitrogens with zero attached hydrogens (tertiary/aromatic N) is 1. The summed E-state index contributed by atoms with van der Waals surface area (Å²) in [5.74, 6) is -0.0242. The zero-order valence-corrected chi connectivity index (χ0v) is 10.8. The van der Waals surface area contributed by atoms with Crippen molar-refractivity contribution >= 4 is 39.1 Å². The number of fused-ring (bicyclic) bond motifs is 1. The number of carbonyl (C=O) groups is 1. The Balaban J connectivity index is 2.53. The Morgan fingerprint density at radius 1 is 1.50 bits per heavy atom. The van der Waals surface area contributed by atoms with Gasteiger partial charge in [0.05, 0.1) is 14.6 Å². The van der Waals surface area contributed by atoms with Crippen molar-refractivity contribution in [2.45, 2.75) is 20.4 Å². The van der Waals surface area contributed by atoms with Gasteiger partial charge in [-0.2, -0.15) is 0 Å². The lowest BCUT2D eigenvalue weighted by atomic mass is 10.4. The zero-order valence-electron chi connectivity index (χ0n) is 9.21. The predicted octanol–water partition coefficient (Wildman–Crippen LogP) is 3.13. The van der Waals surface area contributed by atoms with Gasteiger partial charge in [-0.3, -0.25) is 4.79 Å². The van der Waals surface area contributed by atoms with Crippen molar-refractivity contribution in [2.24, 2.45) is 0 Å². The molecule has 0 atom stereocenters. The number of thiophene rings is 1. The Hall–Kier alpha value is -1.00. The molecule has 0 aliphatic heterocycles. The van der Waals surface area contributed by atoms with Gasteiger partial charge in [0.25, 0.3) is 5.91 Å². The van der Waals surface area contributed by atoms with E-state index in [1.165, 1.54) is 11.3 Å². The van der Waals surface area contributed by atoms with E-state index in [0.29, 0.717) is 12.2 Å². The second-order valence-corrected chi connectivity index (χ2v) is 5.15. The van der Waals surface area contributed by atoms with E-state index in [1.807, 2.05) is 30.5 Å². The van der Waals surface area contributed by atoms with Crippen LogP contribution in [-0.2, 0) is 6.54 Å². The lowest BCUT2D eigenvalue weighted by Crippen LogP contribution is -2.25. The van der Waals surface area contributed by atoms with Crippen LogP contribution in [0.15, 0.2) is 12.1 Å². The van der Waals surface area contributed by atoms with E-state index in [9.17, 15) is 4.79 Å². The van der Waals surface area contributed by atoms with E-state index in [-0.39, 0.29) is 5.91 Å². The van der Waals surface area contributed by atoms with E-state index >= 15 is 0 Å². The Morgan fingerprint density at radius 3 is 2.88 bits per heavy atom. The van der Waals surface area contributed by atoms with E-state index in [2.05, 4.69) is 5.32 Å². The maximum absolute atomic E-state index is 11.8. The molecular weight excluding hydrogens is 244 g/mol. The fraction of sp³-hybridized carbons (Fsp3) is 0.364. The number of halogens is 1. The van der Waals surface area contributed by atoms with Gasteiger partial charge in [0, 0.05) is 13.1 Å². The summed E-state index contributed by atoms with van der Waals surface area (Å²) in [5.41, 5.74) is 1.75. The van der Waals surface area contributed by atoms with Crippen LogP contribution in [0.25, 0.3) is 10.2 Å². The standard InChI is InChI=1S/C11H13ClN2OS/c1-3-13-11(15)8-5-9-7(14(8)4-2)6-10(12)16-9/h5-6H,3-4H2,1-2H3,(H,13,15). The van der Waals surface area contributed by atoms with E-state index in [4.69, 9.17) is 11.6 Å². The third-order valence-corrected chi connectivity index (χ3v) is 3.65. The molecule has 0 spiro atoms. The minimum absolute atomic E-state index is 0.0242. The second-order valence-electron chi connectivity index (χ2n) is 3.43. The quantitative estimate of drug-likeness (QED) is 0.900. The highest BCUT2D eigenvalue weighted by Gasteiger charge is 2.15. The van der Waals surface area contributed by atoms with Crippen LogP contribution in [0.3, 0.4) is 0 Å². The lowest BCUT2D eigenvalue weighted by molar-refractivity contribution is 0.0947. The Morgan fingerprint density at radius 2 is 2.25 bits per heavy atom. The molecule has 0 fully saturated rings. The van der Waals surface area contributed by atoms with Crippen LogP contribution in [0.5, 0.6) is 0 Å². The first-order chi connectivity index (χ1) is 7.67. The first kappa shape index (κ1) is 11.5. The molecule has 0 aromatic carbocycles. The summed E-state index contributed by atoms with van der Waals surface area (Å²) in [6.07, 6.45) is 0. The molecule has 2 aromatic heterocycles. The molecule has 0 saturated carbocycles. The van der Waals surface area contributed by atoms with Gasteiger partial charge in [0.2, 0.25) is 0 Å². The maximum atomic E-state index is 11.8. The molecule has 0 aliphatic rings. The van der Waals surface area contributed by atoms with Gasteiger partial charge in [-0.25, -0.2) is 0 Å². The molecule has 0 saturated heterocycles. The number of aromatic nitrogens is 1. The van der Waals surface area contributed by atoms with Gasteiger partial charge in [-0.05, 0) is 26.0 Å². The molecular formula is C11H13ClN2OS. The van der Waals surface area contributed by atoms with Gasteiger partial charge in [-0.1, -0.05) is 11.6 Å². The summed E-state index contributed by atoms with van der Waals surface area (Å²) in [6.45, 7) is 5.34. The highest BCUT2D eigenvalue weighted by molar-refractivity contribution is 7.22. The number of amides is 1. The summed E-state index contributed by atoms with van der Waals surface area (Å²) >= 11 is 7.45. The summed E-state index contributed by atoms with van der Waals surface area (Å²) in [7, 11) is 0. The fourth-order valence-electron chi connectivity index (χ4n) is 1.79. The molecule has 1 N–H and O–H groups in total. The molecule has 2 aromatic rings. The van der Waals surface area contributed by atoms with Crippen molar-refractivity contribution in [1.29, 1.82) is 0 Å². The largest absolute Gasteiger partial charge is 0.351 e. The number of hydrogen-bond acceptors (Lipinski definition) is 2. The fourth-order valence-corrected chi connectivity index (χ4v) is 2.97. The topological polar surface area (TPSA) is 34.0 Å². The molecule has 86 valence electrons. The Bertz CT molecular complexity index is 529. The van der Waals surface area contributed by atoms with Crippen LogP contribution in [-0.4, -0.2) is 17.0 Å². The average Bonchev–Trinajstić information content (AvgIpc) is 2.73. The molecule has 1 amide bonds. The van der Waals surface area contributed by atoms with Crippen molar-refractivity contribution < 1.29 is 4.79 Å². The van der Waals surface area contributed by atoms with Crippen LogP contribution in [0.2, 0.25) is 4.34 Å². The van der Waals surface area contributed by atoms with Crippen molar-refractivity contribution in [2.75, 3.05) is 6.54 Å². The predicted molar refractivity (Wildman–Crippen MR) is 68.5 cm³/mol. The van der Waals surface area contributed by atoms with Gasteiger partial charge in [-0.15, -0.1) is 11.3 Å². The summed E-state index contributed by atoms with van der Waals surface area (Å²) < 4.78 is 3.81. The van der Waals surface area contributed by atoms with Crippen molar-refractivity contribution in [3.63, 3.8) is 0 Å². The van der Waals surface area contributed by atoms with Crippen LogP contribution < -0.4 is 5.32 Å². The van der Waals surface area contributed by atoms with E-state index in [0.717, 1.165) is 21.1 Å². The minimum atomic E-state index is -0.0242. The number of rotatable bonds is 3. The minimum Gasteiger partial charge on any atom is -0.351 e. The number of hydrogen-bond donors (Lipinski definition) is 1. The lowest BCUT2D eigenvalue weighted by Gasteiger charge is -2.06. The molecule has 2 heterocycles. The average molecular weight is 257 g/mol. The van der Waals surface area contributed by atoms with Gasteiger partial charge in [0.1, 0.15) is 5.69 Å². The summed E-state index contributed by atoms with van der Waals surface area (Å²) in [4.78, 5) is 11.8. The molecule has 2 rings (SSSR count). The Kier molecular flexibility index (Phi) is 3.21. The molecule has 0 aliphatic carbocycles. The maximum Gasteiger partial charge on any atom is 0.267 e. The first-order valence-corrected chi connectivity index (χ1v) is 6.43. The third-order valence-electron chi connectivity index (χ3n) is 2.45. The SMILES string of the molecule is CCNC(=O)c1cc2sc(Cl)cc2n1CC. The number of nitrogens with one attached hydrogen (secondary N) is 1. The highest BCUT2D eigenvalue weighted by Crippen LogP contribution is 2.32. The van der Waals surface area contributed by atoms with Crippen molar-refractivity contribution in [3.8, 4) is 0 Å². The number of carbonyl (C=O) groups excluding carboxylic acids is 1. The smallest absolute Gasteiger partial charge is 0.267 e. The zero-order chi connectivity index (χ0) is 11.7. The van der Waals surface area contributed by atoms with Crippen molar-refractivity contribution in [1.82, 2.24) is 9.88 Å². The normalized spacial score (nSPS) is 10.9. The molecule has 5 heteroatoms. The molecule has 16 heavy (non-hydrogen) atoms. The Labute approximate surface area is 103 Å². The summed E-state index contributed by atoms with van der Waals surface area (Å²) in [6, 6.07) is 3.81. The second kappa shape index (κ2) is 4.47. The van der Waals surface area contributed by atoms with Gasteiger partial charge >= 0.3 is 0 Å². The van der Waals surface area contributed by atoms with Crippen LogP contribution in [0.4, 0.5) is 0 Å². The van der Waals surface area contributed by atoms with Crippen molar-refractivity contribution in [3.05, 3.63) is 22.2 Å².